The van der Waals surface area contributed by atoms with E-state index >= 15 is 0 Å². The number of hydrogen-bond acceptors (Lipinski definition) is 3. The van der Waals surface area contributed by atoms with E-state index < -0.39 is 5.82 Å². The topological polar surface area (TPSA) is 38.7 Å². The Morgan fingerprint density at radius 2 is 2.29 bits per heavy atom. The van der Waals surface area contributed by atoms with Gasteiger partial charge in [-0.1, -0.05) is 6.92 Å². The third-order valence-electron chi connectivity index (χ3n) is 2.29. The van der Waals surface area contributed by atoms with Crippen LogP contribution in [0.5, 0.6) is 11.5 Å². The molecule has 2 rings (SSSR count). The van der Waals surface area contributed by atoms with Crippen LogP contribution < -0.4 is 9.47 Å². The number of benzene rings is 1. The molecule has 4 heteroatoms. The molecule has 0 amide bonds. The van der Waals surface area contributed by atoms with E-state index in [1.165, 1.54) is 6.07 Å². The lowest BCUT2D eigenvalue weighted by atomic mass is 10.0. The second-order valence-electron chi connectivity index (χ2n) is 3.32. The molecule has 0 radical (unpaired) electrons. The van der Waals surface area contributed by atoms with Crippen molar-refractivity contribution in [3.05, 3.63) is 23.5 Å². The van der Waals surface area contributed by atoms with E-state index in [1.807, 2.05) is 6.92 Å². The molecule has 14 heavy (non-hydrogen) atoms. The Kier molecular flexibility index (Phi) is 2.29. The van der Waals surface area contributed by atoms with Crippen LogP contribution in [-0.2, 0) is 0 Å². The molecule has 76 valence electrons. The lowest BCUT2D eigenvalue weighted by Crippen LogP contribution is -1.99. The van der Waals surface area contributed by atoms with Gasteiger partial charge < -0.3 is 14.6 Å². The van der Waals surface area contributed by atoms with Gasteiger partial charge in [-0.2, -0.15) is 0 Å². The molecule has 0 saturated heterocycles. The number of aliphatic hydroxyl groups is 1. The van der Waals surface area contributed by atoms with E-state index in [-0.39, 0.29) is 25.1 Å². The summed E-state index contributed by atoms with van der Waals surface area (Å²) in [6, 6.07) is 3.07. The molecule has 1 atom stereocenters. The van der Waals surface area contributed by atoms with Crippen molar-refractivity contribution in [1.82, 2.24) is 0 Å². The van der Waals surface area contributed by atoms with Crippen molar-refractivity contribution in [2.75, 3.05) is 13.4 Å². The van der Waals surface area contributed by atoms with Gasteiger partial charge in [-0.15, -0.1) is 0 Å². The SMILES string of the molecule is CC(CO)c1cc(F)c2c(c1)OCO2. The summed E-state index contributed by atoms with van der Waals surface area (Å²) in [5.74, 6) is 0.0495. The van der Waals surface area contributed by atoms with Gasteiger partial charge in [-0.05, 0) is 17.7 Å². The Hall–Kier alpha value is -1.29. The Bertz CT molecular complexity index is 351. The zero-order valence-corrected chi connectivity index (χ0v) is 7.79. The van der Waals surface area contributed by atoms with Gasteiger partial charge >= 0.3 is 0 Å². The molecular weight excluding hydrogens is 187 g/mol. The van der Waals surface area contributed by atoms with Crippen LogP contribution in [0, 0.1) is 5.82 Å². The zero-order valence-electron chi connectivity index (χ0n) is 7.79. The molecule has 0 fully saturated rings. The number of fused-ring (bicyclic) bond motifs is 1. The van der Waals surface area contributed by atoms with Crippen molar-refractivity contribution in [2.24, 2.45) is 0 Å². The molecule has 1 aliphatic rings. The summed E-state index contributed by atoms with van der Waals surface area (Å²) >= 11 is 0. The first-order chi connectivity index (χ1) is 6.72. The first-order valence-corrected chi connectivity index (χ1v) is 4.42. The normalized spacial score (nSPS) is 15.6. The summed E-state index contributed by atoms with van der Waals surface area (Å²) in [5, 5.41) is 8.93. The Morgan fingerprint density at radius 3 is 3.00 bits per heavy atom. The number of hydrogen-bond donors (Lipinski definition) is 1. The highest BCUT2D eigenvalue weighted by Crippen LogP contribution is 2.37. The van der Waals surface area contributed by atoms with E-state index in [9.17, 15) is 4.39 Å². The maximum absolute atomic E-state index is 13.4. The minimum absolute atomic E-state index is 0.0148. The summed E-state index contributed by atoms with van der Waals surface area (Å²) in [4.78, 5) is 0. The fourth-order valence-corrected chi connectivity index (χ4v) is 1.38. The van der Waals surface area contributed by atoms with Crippen molar-refractivity contribution in [1.29, 1.82) is 0 Å². The van der Waals surface area contributed by atoms with E-state index in [4.69, 9.17) is 14.6 Å². The summed E-state index contributed by atoms with van der Waals surface area (Å²) in [6.45, 7) is 1.86. The monoisotopic (exact) mass is 198 g/mol. The summed E-state index contributed by atoms with van der Waals surface area (Å²) < 4.78 is 23.4. The molecule has 0 spiro atoms. The fourth-order valence-electron chi connectivity index (χ4n) is 1.38. The Morgan fingerprint density at radius 1 is 1.50 bits per heavy atom. The van der Waals surface area contributed by atoms with Crippen molar-refractivity contribution in [2.45, 2.75) is 12.8 Å². The van der Waals surface area contributed by atoms with Crippen LogP contribution in [0.15, 0.2) is 12.1 Å². The predicted octanol–water partition coefficient (Wildman–Crippen LogP) is 1.65. The molecule has 1 unspecified atom stereocenters. The lowest BCUT2D eigenvalue weighted by Gasteiger charge is -2.09. The van der Waals surface area contributed by atoms with Gasteiger partial charge in [0.15, 0.2) is 11.6 Å². The molecule has 0 bridgehead atoms. The molecule has 3 nitrogen and oxygen atoms in total. The van der Waals surface area contributed by atoms with Crippen molar-refractivity contribution in [3.63, 3.8) is 0 Å². The van der Waals surface area contributed by atoms with Gasteiger partial charge in [0.05, 0.1) is 0 Å². The molecule has 0 saturated carbocycles. The average molecular weight is 198 g/mol. The van der Waals surface area contributed by atoms with Crippen LogP contribution >= 0.6 is 0 Å². The highest BCUT2D eigenvalue weighted by molar-refractivity contribution is 5.46. The minimum atomic E-state index is -0.435. The standard InChI is InChI=1S/C10H11FO3/c1-6(4-12)7-2-8(11)10-9(3-7)13-5-14-10/h2-3,6,12H,4-5H2,1H3. The van der Waals surface area contributed by atoms with E-state index in [0.29, 0.717) is 11.3 Å². The number of rotatable bonds is 2. The first kappa shape index (κ1) is 9.27. The van der Waals surface area contributed by atoms with Crippen LogP contribution in [0.25, 0.3) is 0 Å². The molecule has 1 aromatic carbocycles. The van der Waals surface area contributed by atoms with E-state index in [2.05, 4.69) is 0 Å². The minimum Gasteiger partial charge on any atom is -0.453 e. The van der Waals surface area contributed by atoms with Crippen LogP contribution in [-0.4, -0.2) is 18.5 Å². The van der Waals surface area contributed by atoms with Crippen molar-refractivity contribution in [3.8, 4) is 11.5 Å². The summed E-state index contributed by atoms with van der Waals surface area (Å²) in [7, 11) is 0. The highest BCUT2D eigenvalue weighted by Gasteiger charge is 2.20. The smallest absolute Gasteiger partial charge is 0.231 e. The van der Waals surface area contributed by atoms with Gasteiger partial charge in [0.1, 0.15) is 0 Å². The Balaban J connectivity index is 2.41. The zero-order chi connectivity index (χ0) is 10.1. The quantitative estimate of drug-likeness (QED) is 0.785. The third-order valence-corrected chi connectivity index (χ3v) is 2.29. The van der Waals surface area contributed by atoms with Crippen molar-refractivity contribution >= 4 is 0 Å². The van der Waals surface area contributed by atoms with Gasteiger partial charge in [0.25, 0.3) is 0 Å². The predicted molar refractivity (Wildman–Crippen MR) is 48.0 cm³/mol. The summed E-state index contributed by atoms with van der Waals surface area (Å²) in [5.41, 5.74) is 0.717. The van der Waals surface area contributed by atoms with Crippen LogP contribution in [0.4, 0.5) is 4.39 Å². The number of halogens is 1. The molecule has 1 aromatic rings. The maximum Gasteiger partial charge on any atom is 0.231 e. The molecule has 1 heterocycles. The molecular formula is C10H11FO3. The van der Waals surface area contributed by atoms with Crippen LogP contribution in [0.3, 0.4) is 0 Å². The average Bonchev–Trinajstić information content (AvgIpc) is 2.64. The number of aliphatic hydroxyl groups excluding tert-OH is 1. The van der Waals surface area contributed by atoms with Crippen molar-refractivity contribution < 1.29 is 19.0 Å². The maximum atomic E-state index is 13.4. The Labute approximate surface area is 81.1 Å². The van der Waals surface area contributed by atoms with Gasteiger partial charge in [0.2, 0.25) is 12.5 Å². The van der Waals surface area contributed by atoms with E-state index in [0.717, 1.165) is 0 Å². The molecule has 1 aliphatic heterocycles. The van der Waals surface area contributed by atoms with Gasteiger partial charge in [-0.25, -0.2) is 4.39 Å². The van der Waals surface area contributed by atoms with Crippen LogP contribution in [0.2, 0.25) is 0 Å². The second-order valence-corrected chi connectivity index (χ2v) is 3.32. The molecule has 1 N–H and O–H groups in total. The molecule has 0 aromatic heterocycles. The highest BCUT2D eigenvalue weighted by atomic mass is 19.1. The fraction of sp³-hybridized carbons (Fsp3) is 0.400. The third kappa shape index (κ3) is 1.42. The second kappa shape index (κ2) is 3.46. The van der Waals surface area contributed by atoms with Gasteiger partial charge in [0, 0.05) is 12.5 Å². The number of ether oxygens (including phenoxy) is 2. The van der Waals surface area contributed by atoms with Crippen LogP contribution in [0.1, 0.15) is 18.4 Å². The largest absolute Gasteiger partial charge is 0.453 e. The first-order valence-electron chi connectivity index (χ1n) is 4.42. The van der Waals surface area contributed by atoms with Gasteiger partial charge in [-0.3, -0.25) is 0 Å². The summed E-state index contributed by atoms with van der Waals surface area (Å²) in [6.07, 6.45) is 0. The molecule has 0 aliphatic carbocycles. The lowest BCUT2D eigenvalue weighted by molar-refractivity contribution is 0.171. The van der Waals surface area contributed by atoms with E-state index in [1.54, 1.807) is 6.07 Å².